The maximum atomic E-state index is 5.79. The Hall–Kier alpha value is -1.02. The van der Waals surface area contributed by atoms with Crippen LogP contribution in [0.1, 0.15) is 24.0 Å². The second kappa shape index (κ2) is 3.53. The smallest absolute Gasteiger partial charge is 0.122 e. The van der Waals surface area contributed by atoms with Crippen molar-refractivity contribution in [3.05, 3.63) is 29.3 Å². The molecular formula is C13H17NO. The standard InChI is InChI=1S/C13H17NO/c14-12-7-10(8-12)5-9-1-2-13-11(6-9)3-4-15-13/h1-2,6,10,12H,3-5,7-8,14H2. The molecule has 2 nitrogen and oxygen atoms in total. The molecule has 0 radical (unpaired) electrons. The van der Waals surface area contributed by atoms with Gasteiger partial charge in [0.15, 0.2) is 0 Å². The molecule has 0 spiro atoms. The quantitative estimate of drug-likeness (QED) is 0.796. The van der Waals surface area contributed by atoms with E-state index >= 15 is 0 Å². The minimum absolute atomic E-state index is 0.466. The summed E-state index contributed by atoms with van der Waals surface area (Å²) in [5.41, 5.74) is 8.63. The lowest BCUT2D eigenvalue weighted by molar-refractivity contribution is 0.264. The predicted molar refractivity (Wildman–Crippen MR) is 60.0 cm³/mol. The monoisotopic (exact) mass is 203 g/mol. The van der Waals surface area contributed by atoms with Gasteiger partial charge in [0.2, 0.25) is 0 Å². The highest BCUT2D eigenvalue weighted by molar-refractivity contribution is 5.40. The van der Waals surface area contributed by atoms with Gasteiger partial charge in [0.05, 0.1) is 6.61 Å². The molecule has 0 bridgehead atoms. The second-order valence-electron chi connectivity index (χ2n) is 4.84. The molecule has 1 aliphatic carbocycles. The van der Waals surface area contributed by atoms with E-state index in [1.54, 1.807) is 0 Å². The summed E-state index contributed by atoms with van der Waals surface area (Å²) in [6.45, 7) is 0.854. The molecule has 0 atom stereocenters. The van der Waals surface area contributed by atoms with E-state index in [1.807, 2.05) is 0 Å². The third-order valence-electron chi connectivity index (χ3n) is 3.55. The van der Waals surface area contributed by atoms with Crippen LogP contribution >= 0.6 is 0 Å². The van der Waals surface area contributed by atoms with Crippen molar-refractivity contribution in [2.45, 2.75) is 31.7 Å². The summed E-state index contributed by atoms with van der Waals surface area (Å²) >= 11 is 0. The highest BCUT2D eigenvalue weighted by Gasteiger charge is 2.26. The summed E-state index contributed by atoms with van der Waals surface area (Å²) < 4.78 is 5.50. The van der Waals surface area contributed by atoms with Crippen LogP contribution in [0.4, 0.5) is 0 Å². The minimum atomic E-state index is 0.466. The Labute approximate surface area is 90.4 Å². The fourth-order valence-electron chi connectivity index (χ4n) is 2.65. The van der Waals surface area contributed by atoms with Crippen LogP contribution in [0.3, 0.4) is 0 Å². The van der Waals surface area contributed by atoms with Crippen molar-refractivity contribution < 1.29 is 4.74 Å². The van der Waals surface area contributed by atoms with Gasteiger partial charge in [-0.25, -0.2) is 0 Å². The lowest BCUT2D eigenvalue weighted by Gasteiger charge is -2.32. The van der Waals surface area contributed by atoms with Gasteiger partial charge < -0.3 is 10.5 Å². The summed E-state index contributed by atoms with van der Waals surface area (Å²) in [6.07, 6.45) is 4.68. The zero-order chi connectivity index (χ0) is 10.3. The Bertz CT molecular complexity index is 369. The third kappa shape index (κ3) is 1.74. The number of fused-ring (bicyclic) bond motifs is 1. The SMILES string of the molecule is NC1CC(Cc2ccc3c(c2)CCO3)C1. The predicted octanol–water partition coefficient (Wildman–Crippen LogP) is 1.90. The lowest BCUT2D eigenvalue weighted by atomic mass is 9.77. The first kappa shape index (κ1) is 9.22. The van der Waals surface area contributed by atoms with E-state index in [9.17, 15) is 0 Å². The van der Waals surface area contributed by atoms with E-state index in [0.29, 0.717) is 6.04 Å². The number of hydrogen-bond acceptors (Lipinski definition) is 2. The normalized spacial score (nSPS) is 28.1. The molecule has 1 aromatic rings. The summed E-state index contributed by atoms with van der Waals surface area (Å²) in [5.74, 6) is 1.91. The molecular weight excluding hydrogens is 186 g/mol. The fourth-order valence-corrected chi connectivity index (χ4v) is 2.65. The van der Waals surface area contributed by atoms with Gasteiger partial charge in [-0.05, 0) is 42.4 Å². The van der Waals surface area contributed by atoms with Crippen LogP contribution in [0.2, 0.25) is 0 Å². The van der Waals surface area contributed by atoms with Crippen molar-refractivity contribution in [1.82, 2.24) is 0 Å². The Morgan fingerprint density at radius 1 is 1.33 bits per heavy atom. The first-order chi connectivity index (χ1) is 7.31. The van der Waals surface area contributed by atoms with Crippen LogP contribution in [0, 0.1) is 5.92 Å². The van der Waals surface area contributed by atoms with Crippen LogP contribution in [0.15, 0.2) is 18.2 Å². The summed E-state index contributed by atoms with van der Waals surface area (Å²) in [7, 11) is 0. The Balaban J connectivity index is 1.70. The molecule has 80 valence electrons. The average molecular weight is 203 g/mol. The van der Waals surface area contributed by atoms with E-state index < -0.39 is 0 Å². The number of nitrogens with two attached hydrogens (primary N) is 1. The van der Waals surface area contributed by atoms with Crippen molar-refractivity contribution in [3.8, 4) is 5.75 Å². The zero-order valence-corrected chi connectivity index (χ0v) is 8.91. The molecule has 0 unspecified atom stereocenters. The number of rotatable bonds is 2. The van der Waals surface area contributed by atoms with Gasteiger partial charge in [-0.3, -0.25) is 0 Å². The minimum Gasteiger partial charge on any atom is -0.493 e. The van der Waals surface area contributed by atoms with E-state index in [2.05, 4.69) is 18.2 Å². The van der Waals surface area contributed by atoms with Crippen molar-refractivity contribution in [1.29, 1.82) is 0 Å². The number of hydrogen-bond donors (Lipinski definition) is 1. The molecule has 1 aliphatic heterocycles. The maximum Gasteiger partial charge on any atom is 0.122 e. The molecule has 2 N–H and O–H groups in total. The Morgan fingerprint density at radius 2 is 2.20 bits per heavy atom. The van der Waals surface area contributed by atoms with Crippen molar-refractivity contribution in [2.24, 2.45) is 11.7 Å². The van der Waals surface area contributed by atoms with Crippen LogP contribution < -0.4 is 10.5 Å². The molecule has 1 fully saturated rings. The zero-order valence-electron chi connectivity index (χ0n) is 8.91. The molecule has 1 heterocycles. The average Bonchev–Trinajstić information content (AvgIpc) is 2.62. The number of ether oxygens (including phenoxy) is 1. The highest BCUT2D eigenvalue weighted by Crippen LogP contribution is 2.31. The molecule has 1 saturated carbocycles. The Kier molecular flexibility index (Phi) is 2.17. The van der Waals surface area contributed by atoms with Crippen molar-refractivity contribution >= 4 is 0 Å². The molecule has 15 heavy (non-hydrogen) atoms. The van der Waals surface area contributed by atoms with Crippen molar-refractivity contribution in [2.75, 3.05) is 6.61 Å². The molecule has 0 amide bonds. The van der Waals surface area contributed by atoms with E-state index in [0.717, 1.165) is 24.7 Å². The largest absolute Gasteiger partial charge is 0.493 e. The maximum absolute atomic E-state index is 5.79. The van der Waals surface area contributed by atoms with Gasteiger partial charge in [-0.2, -0.15) is 0 Å². The van der Waals surface area contributed by atoms with Gasteiger partial charge in [-0.15, -0.1) is 0 Å². The first-order valence-corrected chi connectivity index (χ1v) is 5.81. The van der Waals surface area contributed by atoms with Crippen LogP contribution in [0.25, 0.3) is 0 Å². The summed E-state index contributed by atoms with van der Waals surface area (Å²) in [5, 5.41) is 0. The van der Waals surface area contributed by atoms with Gasteiger partial charge in [0.25, 0.3) is 0 Å². The highest BCUT2D eigenvalue weighted by atomic mass is 16.5. The van der Waals surface area contributed by atoms with E-state index in [-0.39, 0.29) is 0 Å². The Morgan fingerprint density at radius 3 is 3.00 bits per heavy atom. The molecule has 2 aliphatic rings. The summed E-state index contributed by atoms with van der Waals surface area (Å²) in [6, 6.07) is 7.10. The van der Waals surface area contributed by atoms with Gasteiger partial charge in [0, 0.05) is 12.5 Å². The van der Waals surface area contributed by atoms with Gasteiger partial charge in [-0.1, -0.05) is 12.1 Å². The molecule has 1 aromatic carbocycles. The van der Waals surface area contributed by atoms with Crippen LogP contribution in [-0.2, 0) is 12.8 Å². The molecule has 2 heteroatoms. The molecule has 0 aromatic heterocycles. The van der Waals surface area contributed by atoms with Crippen LogP contribution in [-0.4, -0.2) is 12.6 Å². The van der Waals surface area contributed by atoms with Crippen molar-refractivity contribution in [3.63, 3.8) is 0 Å². The van der Waals surface area contributed by atoms with E-state index in [4.69, 9.17) is 10.5 Å². The van der Waals surface area contributed by atoms with Crippen LogP contribution in [0.5, 0.6) is 5.75 Å². The third-order valence-corrected chi connectivity index (χ3v) is 3.55. The number of benzene rings is 1. The lowest BCUT2D eigenvalue weighted by Crippen LogP contribution is -2.37. The fraction of sp³-hybridized carbons (Fsp3) is 0.538. The van der Waals surface area contributed by atoms with Gasteiger partial charge >= 0.3 is 0 Å². The molecule has 3 rings (SSSR count). The topological polar surface area (TPSA) is 35.2 Å². The second-order valence-corrected chi connectivity index (χ2v) is 4.84. The summed E-state index contributed by atoms with van der Waals surface area (Å²) in [4.78, 5) is 0. The molecule has 0 saturated heterocycles. The van der Waals surface area contributed by atoms with Gasteiger partial charge in [0.1, 0.15) is 5.75 Å². The van der Waals surface area contributed by atoms with E-state index in [1.165, 1.54) is 30.4 Å². The first-order valence-electron chi connectivity index (χ1n) is 5.81.